The summed E-state index contributed by atoms with van der Waals surface area (Å²) in [7, 11) is 0. The van der Waals surface area contributed by atoms with Crippen LogP contribution in [0, 0.1) is 11.3 Å². The first-order valence-electron chi connectivity index (χ1n) is 10.5. The van der Waals surface area contributed by atoms with Gasteiger partial charge >= 0.3 is 0 Å². The Bertz CT molecular complexity index is 1210. The van der Waals surface area contributed by atoms with E-state index in [-0.39, 0.29) is 25.2 Å². The topological polar surface area (TPSA) is 112 Å². The molecule has 1 amide bonds. The number of fused-ring (bicyclic) bond motifs is 1. The first kappa shape index (κ1) is 20.2. The van der Waals surface area contributed by atoms with E-state index in [1.54, 1.807) is 0 Å². The summed E-state index contributed by atoms with van der Waals surface area (Å²) in [5, 5.41) is 18.9. The van der Waals surface area contributed by atoms with Crippen molar-refractivity contribution in [1.82, 2.24) is 4.98 Å². The van der Waals surface area contributed by atoms with Gasteiger partial charge in [0, 0.05) is 16.7 Å². The highest BCUT2D eigenvalue weighted by Crippen LogP contribution is 2.42. The molecular formula is C25H22N4O3. The molecule has 160 valence electrons. The largest absolute Gasteiger partial charge is 0.466 e. The lowest BCUT2D eigenvalue weighted by atomic mass is 9.70. The van der Waals surface area contributed by atoms with E-state index in [0.29, 0.717) is 30.1 Å². The average Bonchev–Trinajstić information content (AvgIpc) is 2.80. The maximum Gasteiger partial charge on any atom is 0.266 e. The van der Waals surface area contributed by atoms with E-state index in [9.17, 15) is 15.2 Å². The van der Waals surface area contributed by atoms with Crippen molar-refractivity contribution in [3.63, 3.8) is 0 Å². The second-order valence-electron chi connectivity index (χ2n) is 8.30. The fraction of sp³-hybridized carbons (Fsp3) is 0.240. The second kappa shape index (κ2) is 7.75. The molecule has 3 aromatic rings. The summed E-state index contributed by atoms with van der Waals surface area (Å²) in [6.07, 6.45) is 0.757. The highest BCUT2D eigenvalue weighted by Gasteiger charge is 2.41. The highest BCUT2D eigenvalue weighted by atomic mass is 16.5. The van der Waals surface area contributed by atoms with Gasteiger partial charge in [0.2, 0.25) is 5.88 Å². The Morgan fingerprint density at radius 1 is 1.16 bits per heavy atom. The molecule has 7 nitrogen and oxygen atoms in total. The van der Waals surface area contributed by atoms with Gasteiger partial charge < -0.3 is 15.6 Å². The predicted molar refractivity (Wildman–Crippen MR) is 120 cm³/mol. The molecule has 0 saturated heterocycles. The summed E-state index contributed by atoms with van der Waals surface area (Å²) in [6.45, 7) is -0.216. The molecule has 0 spiro atoms. The first-order chi connectivity index (χ1) is 15.5. The lowest BCUT2D eigenvalue weighted by Crippen LogP contribution is -2.51. The lowest BCUT2D eigenvalue weighted by molar-refractivity contribution is -0.121. The molecule has 1 fully saturated rings. The van der Waals surface area contributed by atoms with Gasteiger partial charge in [-0.15, -0.1) is 0 Å². The van der Waals surface area contributed by atoms with Crippen LogP contribution in [-0.4, -0.2) is 35.3 Å². The van der Waals surface area contributed by atoms with Crippen LogP contribution in [0.3, 0.4) is 0 Å². The molecule has 0 radical (unpaired) electrons. The fourth-order valence-corrected chi connectivity index (χ4v) is 4.41. The van der Waals surface area contributed by atoms with Gasteiger partial charge in [0.15, 0.2) is 6.61 Å². The van der Waals surface area contributed by atoms with Crippen molar-refractivity contribution in [3.8, 4) is 34.3 Å². The van der Waals surface area contributed by atoms with Crippen molar-refractivity contribution in [2.24, 2.45) is 5.73 Å². The van der Waals surface area contributed by atoms with Gasteiger partial charge in [0.1, 0.15) is 12.2 Å². The molecule has 1 saturated carbocycles. The lowest BCUT2D eigenvalue weighted by Gasteiger charge is -2.42. The Labute approximate surface area is 185 Å². The van der Waals surface area contributed by atoms with Crippen LogP contribution >= 0.6 is 0 Å². The zero-order chi connectivity index (χ0) is 22.3. The van der Waals surface area contributed by atoms with Crippen molar-refractivity contribution >= 4 is 11.6 Å². The number of nitriles is 1. The minimum atomic E-state index is -0.495. The van der Waals surface area contributed by atoms with E-state index < -0.39 is 5.54 Å². The Balaban J connectivity index is 1.62. The number of amides is 1. The Morgan fingerprint density at radius 3 is 2.53 bits per heavy atom. The van der Waals surface area contributed by atoms with E-state index in [1.165, 1.54) is 4.90 Å². The summed E-state index contributed by atoms with van der Waals surface area (Å²) in [5.41, 5.74) is 10.8. The Morgan fingerprint density at radius 2 is 1.88 bits per heavy atom. The molecule has 1 aliphatic heterocycles. The van der Waals surface area contributed by atoms with E-state index in [4.69, 9.17) is 15.5 Å². The monoisotopic (exact) mass is 426 g/mol. The van der Waals surface area contributed by atoms with Crippen LogP contribution in [-0.2, 0) is 10.3 Å². The molecular weight excluding hydrogens is 404 g/mol. The number of carbonyl (C=O) groups excluding carboxylic acids is 1. The third-order valence-electron chi connectivity index (χ3n) is 6.14. The van der Waals surface area contributed by atoms with Gasteiger partial charge in [0.05, 0.1) is 17.9 Å². The maximum atomic E-state index is 12.3. The van der Waals surface area contributed by atoms with Gasteiger partial charge in [-0.1, -0.05) is 54.6 Å². The van der Waals surface area contributed by atoms with Gasteiger partial charge in [-0.05, 0) is 30.0 Å². The Hall–Kier alpha value is -3.73. The normalized spacial score (nSPS) is 21.8. The van der Waals surface area contributed by atoms with Crippen molar-refractivity contribution in [3.05, 3.63) is 66.2 Å². The van der Waals surface area contributed by atoms with Crippen molar-refractivity contribution < 1.29 is 14.6 Å². The highest BCUT2D eigenvalue weighted by molar-refractivity contribution is 5.99. The number of pyridine rings is 1. The number of hydrogen-bond donors (Lipinski definition) is 2. The van der Waals surface area contributed by atoms with E-state index in [2.05, 4.69) is 0 Å². The van der Waals surface area contributed by atoms with Gasteiger partial charge in [-0.3, -0.25) is 9.69 Å². The third kappa shape index (κ3) is 3.40. The van der Waals surface area contributed by atoms with Gasteiger partial charge in [-0.25, -0.2) is 4.98 Å². The average molecular weight is 426 g/mol. The molecule has 2 aromatic carbocycles. The van der Waals surface area contributed by atoms with E-state index in [1.807, 2.05) is 66.7 Å². The number of ether oxygens (including phenoxy) is 1. The molecule has 2 heterocycles. The number of aromatic nitrogens is 1. The number of carbonyl (C=O) groups is 1. The number of benzene rings is 2. The SMILES string of the molecule is N#CCN1C(=O)COc2nc(-c3ccc([C@]4(N)C[C@H](O)C4)cc3)c(-c3ccccc3)cc21. The molecule has 1 aromatic heterocycles. The third-order valence-corrected chi connectivity index (χ3v) is 6.14. The summed E-state index contributed by atoms with van der Waals surface area (Å²) in [5.74, 6) is 0.0592. The van der Waals surface area contributed by atoms with Gasteiger partial charge in [-0.2, -0.15) is 5.26 Å². The van der Waals surface area contributed by atoms with Crippen LogP contribution in [0.15, 0.2) is 60.7 Å². The summed E-state index contributed by atoms with van der Waals surface area (Å²) in [6, 6.07) is 21.6. The first-order valence-corrected chi connectivity index (χ1v) is 10.5. The van der Waals surface area contributed by atoms with Crippen LogP contribution in [0.4, 0.5) is 5.69 Å². The van der Waals surface area contributed by atoms with Crippen LogP contribution in [0.1, 0.15) is 18.4 Å². The number of anilines is 1. The Kier molecular flexibility index (Phi) is 4.89. The van der Waals surface area contributed by atoms with Crippen LogP contribution in [0.2, 0.25) is 0 Å². The zero-order valence-corrected chi connectivity index (χ0v) is 17.4. The molecule has 0 bridgehead atoms. The molecule has 32 heavy (non-hydrogen) atoms. The van der Waals surface area contributed by atoms with Crippen LogP contribution in [0.5, 0.6) is 5.88 Å². The standard InChI is InChI=1S/C25H22N4O3/c26-10-11-29-21-12-20(16-4-2-1-3-5-16)23(28-24(21)32-15-22(29)31)17-6-8-18(9-7-17)25(27)13-19(30)14-25/h1-9,12,19,30H,11,13-15,27H2/t19-,25-. The van der Waals surface area contributed by atoms with Crippen LogP contribution < -0.4 is 15.4 Å². The molecule has 7 heteroatoms. The van der Waals surface area contributed by atoms with Crippen molar-refractivity contribution in [2.45, 2.75) is 24.5 Å². The molecule has 0 unspecified atom stereocenters. The van der Waals surface area contributed by atoms with E-state index >= 15 is 0 Å². The minimum Gasteiger partial charge on any atom is -0.466 e. The number of aliphatic hydroxyl groups is 1. The zero-order valence-electron chi connectivity index (χ0n) is 17.4. The second-order valence-corrected chi connectivity index (χ2v) is 8.30. The minimum absolute atomic E-state index is 0.0659. The van der Waals surface area contributed by atoms with Crippen molar-refractivity contribution in [2.75, 3.05) is 18.1 Å². The smallest absolute Gasteiger partial charge is 0.266 e. The molecule has 5 rings (SSSR count). The van der Waals surface area contributed by atoms with Crippen molar-refractivity contribution in [1.29, 1.82) is 5.26 Å². The number of hydrogen-bond acceptors (Lipinski definition) is 6. The number of aliphatic hydroxyl groups excluding tert-OH is 1. The van der Waals surface area contributed by atoms with Gasteiger partial charge in [0.25, 0.3) is 5.91 Å². The number of rotatable bonds is 4. The molecule has 1 aliphatic carbocycles. The number of nitrogens with zero attached hydrogens (tertiary/aromatic N) is 3. The summed E-state index contributed by atoms with van der Waals surface area (Å²) in [4.78, 5) is 18.5. The predicted octanol–water partition coefficient (Wildman–Crippen LogP) is 2.97. The fourth-order valence-electron chi connectivity index (χ4n) is 4.41. The number of nitrogens with two attached hydrogens (primary N) is 1. The molecule has 0 atom stereocenters. The molecule has 3 N–H and O–H groups in total. The molecule has 2 aliphatic rings. The summed E-state index contributed by atoms with van der Waals surface area (Å²) >= 11 is 0. The maximum absolute atomic E-state index is 12.3. The van der Waals surface area contributed by atoms with E-state index in [0.717, 1.165) is 22.3 Å². The van der Waals surface area contributed by atoms with Crippen LogP contribution in [0.25, 0.3) is 22.4 Å². The summed E-state index contributed by atoms with van der Waals surface area (Å²) < 4.78 is 5.62. The quantitative estimate of drug-likeness (QED) is 0.620.